The molecule has 100 valence electrons. The molecule has 0 amide bonds. The second kappa shape index (κ2) is 61.5. The van der Waals surface area contributed by atoms with E-state index in [1.165, 1.54) is 25.7 Å². The molecular formula is C14H38W. The summed E-state index contributed by atoms with van der Waals surface area (Å²) >= 11 is 0. The van der Waals surface area contributed by atoms with Gasteiger partial charge < -0.3 is 13.3 Å². The van der Waals surface area contributed by atoms with Crippen LogP contribution in [-0.4, -0.2) is 0 Å². The van der Waals surface area contributed by atoms with Crippen molar-refractivity contribution < 1.29 is 21.1 Å². The van der Waals surface area contributed by atoms with Crippen molar-refractivity contribution in [1.82, 2.24) is 0 Å². The summed E-state index contributed by atoms with van der Waals surface area (Å²) < 4.78 is 0. The van der Waals surface area contributed by atoms with E-state index in [2.05, 4.69) is 34.1 Å². The zero-order chi connectivity index (χ0) is 8.24. The van der Waals surface area contributed by atoms with E-state index in [-0.39, 0.29) is 50.8 Å². The molecule has 0 radical (unpaired) electrons. The third-order valence-corrected chi connectivity index (χ3v) is 1.26. The van der Waals surface area contributed by atoms with Crippen LogP contribution in [0.25, 0.3) is 0 Å². The predicted octanol–water partition coefficient (Wildman–Crippen LogP) is 6.56. The van der Waals surface area contributed by atoms with Crippen molar-refractivity contribution in [2.75, 3.05) is 0 Å². The van der Waals surface area contributed by atoms with Gasteiger partial charge in [0, 0.05) is 0 Å². The molecule has 1 heteroatoms. The van der Waals surface area contributed by atoms with Crippen LogP contribution in [0.5, 0.6) is 0 Å². The average Bonchev–Trinajstić information content (AvgIpc) is 2.01. The third kappa shape index (κ3) is 108. The van der Waals surface area contributed by atoms with E-state index in [4.69, 9.17) is 0 Å². The van der Waals surface area contributed by atoms with Gasteiger partial charge in [0.05, 0.1) is 0 Å². The summed E-state index contributed by atoms with van der Waals surface area (Å²) in [5.74, 6) is 0. The Morgan fingerprint density at radius 1 is 0.933 bits per heavy atom. The topological polar surface area (TPSA) is 0 Å². The summed E-state index contributed by atoms with van der Waals surface area (Å²) in [5, 5.41) is 0. The van der Waals surface area contributed by atoms with Gasteiger partial charge in [0.15, 0.2) is 0 Å². The van der Waals surface area contributed by atoms with Gasteiger partial charge in [-0.1, -0.05) is 62.8 Å². The smallest absolute Gasteiger partial charge is 0.343 e. The van der Waals surface area contributed by atoms with Crippen LogP contribution in [0, 0.1) is 13.3 Å². The molecule has 0 aromatic rings. The fourth-order valence-corrected chi connectivity index (χ4v) is 0.427. The molecule has 0 fully saturated rings. The van der Waals surface area contributed by atoms with Crippen LogP contribution in [0.15, 0.2) is 0 Å². The van der Waals surface area contributed by atoms with Crippen LogP contribution in [0.2, 0.25) is 0 Å². The maximum absolute atomic E-state index is 3.72. The summed E-state index contributed by atoms with van der Waals surface area (Å²) in [6.07, 6.45) is 8.39. The quantitative estimate of drug-likeness (QED) is 0.377. The molecule has 0 spiro atoms. The second-order valence-electron chi connectivity index (χ2n) is 2.38. The van der Waals surface area contributed by atoms with E-state index in [9.17, 15) is 0 Å². The molecule has 0 saturated carbocycles. The Bertz CT molecular complexity index is 30.3. The first-order chi connectivity index (χ1) is 4.83. The van der Waals surface area contributed by atoms with Crippen molar-refractivity contribution in [2.24, 2.45) is 0 Å². The number of unbranched alkanes of at least 4 members (excludes halogenated alkanes) is 4. The van der Waals surface area contributed by atoms with E-state index in [1.807, 2.05) is 0 Å². The minimum atomic E-state index is 0. The summed E-state index contributed by atoms with van der Waals surface area (Å²) in [7, 11) is 0. The van der Waals surface area contributed by atoms with Crippen LogP contribution in [-0.2, 0) is 21.1 Å². The van der Waals surface area contributed by atoms with Gasteiger partial charge in [0.1, 0.15) is 0 Å². The van der Waals surface area contributed by atoms with E-state index >= 15 is 0 Å². The number of rotatable bonds is 4. The molecule has 0 saturated heterocycles. The maximum Gasteiger partial charge on any atom is 2.00 e. The first kappa shape index (κ1) is 44.8. The Balaban J connectivity index is -0.0000000133. The molecule has 0 aliphatic carbocycles. The maximum atomic E-state index is 3.72. The standard InChI is InChI=1S/C6H13.C4H9.4CH4.W/c1-3-5-6-4-2;1-3-4-2;;;;;/h1,3-6H2,2H3;3H,4H2,1-2H3;4*1H4;/q2*-1;;;;;+2. The summed E-state index contributed by atoms with van der Waals surface area (Å²) in [6.45, 7) is 10.1. The second-order valence-corrected chi connectivity index (χ2v) is 2.38. The van der Waals surface area contributed by atoms with Gasteiger partial charge in [-0.2, -0.15) is 19.8 Å². The molecule has 0 heterocycles. The van der Waals surface area contributed by atoms with Gasteiger partial charge >= 0.3 is 21.1 Å². The molecule has 0 aromatic heterocycles. The van der Waals surface area contributed by atoms with Crippen molar-refractivity contribution in [3.8, 4) is 0 Å². The van der Waals surface area contributed by atoms with Crippen molar-refractivity contribution in [2.45, 2.75) is 82.6 Å². The molecule has 0 rings (SSSR count). The molecule has 0 nitrogen and oxygen atoms in total. The van der Waals surface area contributed by atoms with Gasteiger partial charge in [-0.05, 0) is 0 Å². The normalized spacial score (nSPS) is 5.60. The molecule has 0 aliphatic heterocycles. The van der Waals surface area contributed by atoms with Crippen molar-refractivity contribution in [1.29, 1.82) is 0 Å². The van der Waals surface area contributed by atoms with Crippen molar-refractivity contribution in [3.63, 3.8) is 0 Å². The summed E-state index contributed by atoms with van der Waals surface area (Å²) in [6, 6.07) is 0. The molecule has 0 N–H and O–H groups in total. The SMILES string of the molecule is C.C.C.C.C[CH-]CC.[CH2-]CCCCC.[W+2]. The van der Waals surface area contributed by atoms with Gasteiger partial charge in [0.2, 0.25) is 0 Å². The molecule has 0 bridgehead atoms. The first-order valence-electron chi connectivity index (χ1n) is 4.40. The van der Waals surface area contributed by atoms with Gasteiger partial charge in [-0.15, -0.1) is 0 Å². The van der Waals surface area contributed by atoms with Crippen LogP contribution >= 0.6 is 0 Å². The zero-order valence-electron chi connectivity index (χ0n) is 8.23. The van der Waals surface area contributed by atoms with Gasteiger partial charge in [0.25, 0.3) is 0 Å². The summed E-state index contributed by atoms with van der Waals surface area (Å²) in [5.41, 5.74) is 0. The minimum Gasteiger partial charge on any atom is -0.343 e. The van der Waals surface area contributed by atoms with E-state index in [0.29, 0.717) is 0 Å². The van der Waals surface area contributed by atoms with Gasteiger partial charge in [-0.25, -0.2) is 0 Å². The molecule has 0 atom stereocenters. The first-order valence-corrected chi connectivity index (χ1v) is 4.40. The summed E-state index contributed by atoms with van der Waals surface area (Å²) in [4.78, 5) is 0. The Labute approximate surface area is 117 Å². The number of hydrogen-bond donors (Lipinski definition) is 0. The van der Waals surface area contributed by atoms with Crippen molar-refractivity contribution >= 4 is 0 Å². The third-order valence-electron chi connectivity index (χ3n) is 1.26. The van der Waals surface area contributed by atoms with E-state index in [1.54, 1.807) is 0 Å². The Hall–Kier alpha value is 0.688. The van der Waals surface area contributed by atoms with Crippen LogP contribution in [0.1, 0.15) is 82.6 Å². The number of hydrogen-bond acceptors (Lipinski definition) is 0. The van der Waals surface area contributed by atoms with Crippen molar-refractivity contribution in [3.05, 3.63) is 13.3 Å². The molecule has 15 heavy (non-hydrogen) atoms. The predicted molar refractivity (Wildman–Crippen MR) is 76.7 cm³/mol. The van der Waals surface area contributed by atoms with Crippen LogP contribution in [0.3, 0.4) is 0 Å². The largest absolute Gasteiger partial charge is 2.00 e. The molecule has 0 unspecified atom stereocenters. The minimum absolute atomic E-state index is 0. The Morgan fingerprint density at radius 3 is 1.33 bits per heavy atom. The van der Waals surface area contributed by atoms with Crippen LogP contribution < -0.4 is 0 Å². The fraction of sp³-hybridized carbons (Fsp3) is 0.857. The van der Waals surface area contributed by atoms with Gasteiger partial charge in [-0.3, -0.25) is 0 Å². The zero-order valence-corrected chi connectivity index (χ0v) is 11.2. The van der Waals surface area contributed by atoms with E-state index in [0.717, 1.165) is 6.42 Å². The molecule has 0 aromatic carbocycles. The monoisotopic (exact) mass is 390 g/mol. The molecular weight excluding hydrogens is 352 g/mol. The fourth-order valence-electron chi connectivity index (χ4n) is 0.427. The average molecular weight is 390 g/mol. The Morgan fingerprint density at radius 2 is 1.27 bits per heavy atom. The van der Waals surface area contributed by atoms with E-state index < -0.39 is 0 Å². The molecule has 0 aliphatic rings. The Kier molecular flexibility index (Phi) is 184. The van der Waals surface area contributed by atoms with Crippen LogP contribution in [0.4, 0.5) is 0 Å².